The molecule has 0 aromatic heterocycles. The standard InChI is InChI=1S/C14H19N3O2/c1-10-5-12(7-13(6-10)17(18)19)16-8-11-3-2-4-15-14(11)9-16/h5-7,11,14-15H,2-4,8-9H2,1H3/t11-,14+/m0/s1. The Morgan fingerprint density at radius 3 is 2.95 bits per heavy atom. The lowest BCUT2D eigenvalue weighted by molar-refractivity contribution is -0.384. The summed E-state index contributed by atoms with van der Waals surface area (Å²) in [5, 5.41) is 14.5. The number of nitro groups is 1. The van der Waals surface area contributed by atoms with Gasteiger partial charge in [0.25, 0.3) is 5.69 Å². The van der Waals surface area contributed by atoms with Gasteiger partial charge in [0.2, 0.25) is 0 Å². The van der Waals surface area contributed by atoms with Crippen LogP contribution in [0, 0.1) is 23.0 Å². The van der Waals surface area contributed by atoms with Crippen LogP contribution < -0.4 is 10.2 Å². The van der Waals surface area contributed by atoms with Crippen molar-refractivity contribution in [1.29, 1.82) is 0 Å². The van der Waals surface area contributed by atoms with Crippen molar-refractivity contribution in [2.24, 2.45) is 5.92 Å². The Hall–Kier alpha value is -1.62. The van der Waals surface area contributed by atoms with Crippen LogP contribution in [0.4, 0.5) is 11.4 Å². The van der Waals surface area contributed by atoms with Gasteiger partial charge in [0.15, 0.2) is 0 Å². The zero-order valence-electron chi connectivity index (χ0n) is 11.1. The number of nitro benzene ring substituents is 1. The van der Waals surface area contributed by atoms with E-state index in [9.17, 15) is 10.1 Å². The van der Waals surface area contributed by atoms with E-state index in [0.717, 1.165) is 30.9 Å². The van der Waals surface area contributed by atoms with Crippen LogP contribution in [0.15, 0.2) is 18.2 Å². The minimum Gasteiger partial charge on any atom is -0.369 e. The van der Waals surface area contributed by atoms with Crippen LogP contribution in [-0.4, -0.2) is 30.6 Å². The molecule has 2 heterocycles. The number of hydrogen-bond donors (Lipinski definition) is 1. The molecule has 2 fully saturated rings. The van der Waals surface area contributed by atoms with Crippen molar-refractivity contribution in [3.05, 3.63) is 33.9 Å². The Morgan fingerprint density at radius 1 is 1.37 bits per heavy atom. The lowest BCUT2D eigenvalue weighted by Crippen LogP contribution is -2.40. The lowest BCUT2D eigenvalue weighted by Gasteiger charge is -2.24. The van der Waals surface area contributed by atoms with E-state index >= 15 is 0 Å². The van der Waals surface area contributed by atoms with E-state index in [1.807, 2.05) is 13.0 Å². The molecule has 5 nitrogen and oxygen atoms in total. The highest BCUT2D eigenvalue weighted by Crippen LogP contribution is 2.31. The molecule has 102 valence electrons. The third kappa shape index (κ3) is 2.42. The number of piperidine rings is 1. The second kappa shape index (κ2) is 4.81. The molecule has 0 unspecified atom stereocenters. The van der Waals surface area contributed by atoms with Gasteiger partial charge in [-0.3, -0.25) is 10.1 Å². The molecule has 2 aliphatic rings. The summed E-state index contributed by atoms with van der Waals surface area (Å²) in [7, 11) is 0. The molecule has 5 heteroatoms. The molecule has 0 bridgehead atoms. The minimum atomic E-state index is -0.308. The second-order valence-corrected chi connectivity index (χ2v) is 5.65. The number of rotatable bonds is 2. The van der Waals surface area contributed by atoms with E-state index in [2.05, 4.69) is 10.2 Å². The number of fused-ring (bicyclic) bond motifs is 1. The molecule has 2 saturated heterocycles. The third-order valence-electron chi connectivity index (χ3n) is 4.22. The van der Waals surface area contributed by atoms with Crippen LogP contribution in [0.25, 0.3) is 0 Å². The molecule has 0 saturated carbocycles. The Kier molecular flexibility index (Phi) is 3.14. The number of nitrogens with one attached hydrogen (secondary N) is 1. The Labute approximate surface area is 112 Å². The normalized spacial score (nSPS) is 26.3. The van der Waals surface area contributed by atoms with Crippen molar-refractivity contribution in [2.45, 2.75) is 25.8 Å². The predicted octanol–water partition coefficient (Wildman–Crippen LogP) is 2.09. The maximum Gasteiger partial charge on any atom is 0.271 e. The molecule has 1 aromatic carbocycles. The van der Waals surface area contributed by atoms with Crippen molar-refractivity contribution in [3.8, 4) is 0 Å². The summed E-state index contributed by atoms with van der Waals surface area (Å²) >= 11 is 0. The minimum absolute atomic E-state index is 0.192. The maximum atomic E-state index is 10.9. The van der Waals surface area contributed by atoms with E-state index in [4.69, 9.17) is 0 Å². The summed E-state index contributed by atoms with van der Waals surface area (Å²) in [4.78, 5) is 12.9. The van der Waals surface area contributed by atoms with Gasteiger partial charge < -0.3 is 10.2 Å². The van der Waals surface area contributed by atoms with Crippen molar-refractivity contribution in [2.75, 3.05) is 24.5 Å². The molecular weight excluding hydrogens is 242 g/mol. The fraction of sp³-hybridized carbons (Fsp3) is 0.571. The van der Waals surface area contributed by atoms with Crippen LogP contribution in [-0.2, 0) is 0 Å². The Balaban J connectivity index is 1.84. The van der Waals surface area contributed by atoms with E-state index in [1.165, 1.54) is 12.8 Å². The molecule has 0 spiro atoms. The van der Waals surface area contributed by atoms with E-state index in [-0.39, 0.29) is 10.6 Å². The maximum absolute atomic E-state index is 10.9. The first-order chi connectivity index (χ1) is 9.13. The summed E-state index contributed by atoms with van der Waals surface area (Å²) in [6.07, 6.45) is 2.51. The SMILES string of the molecule is Cc1cc(N2C[C@@H]3CCCN[C@@H]3C2)cc([N+](=O)[O-])c1. The summed E-state index contributed by atoms with van der Waals surface area (Å²) in [5.41, 5.74) is 2.13. The molecule has 0 aliphatic carbocycles. The summed E-state index contributed by atoms with van der Waals surface area (Å²) in [6, 6.07) is 5.92. The van der Waals surface area contributed by atoms with Crippen LogP contribution >= 0.6 is 0 Å². The molecule has 0 radical (unpaired) electrons. The molecule has 19 heavy (non-hydrogen) atoms. The van der Waals surface area contributed by atoms with Crippen LogP contribution in [0.2, 0.25) is 0 Å². The monoisotopic (exact) mass is 261 g/mol. The van der Waals surface area contributed by atoms with Crippen LogP contribution in [0.3, 0.4) is 0 Å². The van der Waals surface area contributed by atoms with E-state index in [0.29, 0.717) is 12.0 Å². The van der Waals surface area contributed by atoms with Crippen molar-refractivity contribution >= 4 is 11.4 Å². The zero-order valence-corrected chi connectivity index (χ0v) is 11.1. The van der Waals surface area contributed by atoms with Gasteiger partial charge in [-0.25, -0.2) is 0 Å². The smallest absolute Gasteiger partial charge is 0.271 e. The van der Waals surface area contributed by atoms with Gasteiger partial charge in [0.05, 0.1) is 4.92 Å². The van der Waals surface area contributed by atoms with Gasteiger partial charge in [-0.05, 0) is 43.9 Å². The van der Waals surface area contributed by atoms with Crippen molar-refractivity contribution < 1.29 is 4.92 Å². The Bertz CT molecular complexity index is 489. The third-order valence-corrected chi connectivity index (χ3v) is 4.22. The lowest BCUT2D eigenvalue weighted by atomic mass is 9.94. The van der Waals surface area contributed by atoms with Crippen molar-refractivity contribution in [3.63, 3.8) is 0 Å². The molecule has 2 aliphatic heterocycles. The number of hydrogen-bond acceptors (Lipinski definition) is 4. The number of anilines is 1. The van der Waals surface area contributed by atoms with Gasteiger partial charge in [-0.15, -0.1) is 0 Å². The summed E-state index contributed by atoms with van der Waals surface area (Å²) in [6.45, 7) is 4.99. The van der Waals surface area contributed by atoms with Crippen molar-refractivity contribution in [1.82, 2.24) is 5.32 Å². The molecular formula is C14H19N3O2. The topological polar surface area (TPSA) is 58.4 Å². The molecule has 1 aromatic rings. The number of nitrogens with zero attached hydrogens (tertiary/aromatic N) is 2. The number of benzene rings is 1. The van der Waals surface area contributed by atoms with Crippen LogP contribution in [0.1, 0.15) is 18.4 Å². The first-order valence-electron chi connectivity index (χ1n) is 6.88. The average molecular weight is 261 g/mol. The quantitative estimate of drug-likeness (QED) is 0.654. The summed E-state index contributed by atoms with van der Waals surface area (Å²) in [5.74, 6) is 0.688. The molecule has 2 atom stereocenters. The van der Waals surface area contributed by atoms with Gasteiger partial charge >= 0.3 is 0 Å². The first kappa shape index (κ1) is 12.4. The van der Waals surface area contributed by atoms with Gasteiger partial charge in [0.1, 0.15) is 0 Å². The highest BCUT2D eigenvalue weighted by atomic mass is 16.6. The van der Waals surface area contributed by atoms with Gasteiger partial charge in [0, 0.05) is 37.0 Å². The van der Waals surface area contributed by atoms with E-state index < -0.39 is 0 Å². The largest absolute Gasteiger partial charge is 0.369 e. The zero-order chi connectivity index (χ0) is 13.4. The Morgan fingerprint density at radius 2 is 2.21 bits per heavy atom. The average Bonchev–Trinajstić information content (AvgIpc) is 2.81. The van der Waals surface area contributed by atoms with Gasteiger partial charge in [-0.2, -0.15) is 0 Å². The fourth-order valence-corrected chi connectivity index (χ4v) is 3.29. The fourth-order valence-electron chi connectivity index (χ4n) is 3.29. The highest BCUT2D eigenvalue weighted by Gasteiger charge is 2.34. The van der Waals surface area contributed by atoms with Crippen LogP contribution in [0.5, 0.6) is 0 Å². The highest BCUT2D eigenvalue weighted by molar-refractivity contribution is 5.56. The second-order valence-electron chi connectivity index (χ2n) is 5.65. The molecule has 3 rings (SSSR count). The van der Waals surface area contributed by atoms with Gasteiger partial charge in [-0.1, -0.05) is 0 Å². The molecule has 1 N–H and O–H groups in total. The first-order valence-corrected chi connectivity index (χ1v) is 6.88. The number of aryl methyl sites for hydroxylation is 1. The number of non-ortho nitro benzene ring substituents is 1. The molecule has 0 amide bonds. The van der Waals surface area contributed by atoms with E-state index in [1.54, 1.807) is 12.1 Å². The summed E-state index contributed by atoms with van der Waals surface area (Å²) < 4.78 is 0. The predicted molar refractivity (Wildman–Crippen MR) is 74.6 cm³/mol.